The normalized spacial score (nSPS) is 12.3. The van der Waals surface area contributed by atoms with E-state index in [2.05, 4.69) is 9.97 Å². The lowest BCUT2D eigenvalue weighted by atomic mass is 10.1. The highest BCUT2D eigenvalue weighted by atomic mass is 35.5. The summed E-state index contributed by atoms with van der Waals surface area (Å²) in [6, 6.07) is 4.23. The van der Waals surface area contributed by atoms with E-state index in [1.165, 1.54) is 32.4 Å². The fourth-order valence-electron chi connectivity index (χ4n) is 3.15. The van der Waals surface area contributed by atoms with Gasteiger partial charge in [-0.2, -0.15) is 0 Å². The van der Waals surface area contributed by atoms with Gasteiger partial charge in [0.05, 0.1) is 35.8 Å². The number of rotatable bonds is 11. The number of nitrogens with zero attached hydrogens (tertiary/aromatic N) is 2. The van der Waals surface area contributed by atoms with E-state index >= 15 is 4.39 Å². The fourth-order valence-corrected chi connectivity index (χ4v) is 6.18. The van der Waals surface area contributed by atoms with Crippen LogP contribution in [0, 0.1) is 5.82 Å². The third-order valence-corrected chi connectivity index (χ3v) is 7.89. The van der Waals surface area contributed by atoms with Crippen LogP contribution in [0.5, 0.6) is 5.75 Å². The third-order valence-electron chi connectivity index (χ3n) is 4.44. The average Bonchev–Trinajstić information content (AvgIpc) is 2.81. The van der Waals surface area contributed by atoms with Crippen LogP contribution in [-0.4, -0.2) is 58.8 Å². The van der Waals surface area contributed by atoms with Crippen LogP contribution in [0.3, 0.4) is 0 Å². The molecule has 9 nitrogen and oxygen atoms in total. The van der Waals surface area contributed by atoms with Crippen molar-refractivity contribution in [2.24, 2.45) is 5.73 Å². The first-order chi connectivity index (χ1) is 15.8. The summed E-state index contributed by atoms with van der Waals surface area (Å²) in [5.74, 6) is -1.64. The molecule has 0 amide bonds. The molecule has 0 aliphatic rings. The Kier molecular flexibility index (Phi) is 9.74. The Hall–Kier alpha value is -2.57. The largest absolute Gasteiger partial charge is 0.540 e. The zero-order valence-electron chi connectivity index (χ0n) is 19.1. The molecule has 0 saturated heterocycles. The molecule has 0 radical (unpaired) electrons. The maximum absolute atomic E-state index is 15.6. The minimum atomic E-state index is -3.81. The van der Waals surface area contributed by atoms with Gasteiger partial charge in [0.15, 0.2) is 17.3 Å². The second-order valence-electron chi connectivity index (χ2n) is 6.37. The topological polar surface area (TPSA) is 115 Å². The highest BCUT2D eigenvalue weighted by Gasteiger charge is 2.49. The molecule has 33 heavy (non-hydrogen) atoms. The smallest absolute Gasteiger partial charge is 0.492 e. The van der Waals surface area contributed by atoms with E-state index < -0.39 is 20.6 Å². The van der Waals surface area contributed by atoms with Crippen molar-refractivity contribution in [3.05, 3.63) is 52.3 Å². The summed E-state index contributed by atoms with van der Waals surface area (Å²) in [6.07, 6.45) is 1.15. The number of carbonyl (C=O) groups is 1. The summed E-state index contributed by atoms with van der Waals surface area (Å²) in [4.78, 5) is 20.0. The molecule has 1 aromatic carbocycles. The van der Waals surface area contributed by atoms with Gasteiger partial charge in [0.25, 0.3) is 0 Å². The van der Waals surface area contributed by atoms with Gasteiger partial charge in [0, 0.05) is 25.4 Å². The first-order valence-corrected chi connectivity index (χ1v) is 12.2. The van der Waals surface area contributed by atoms with Gasteiger partial charge in [-0.25, -0.2) is 19.2 Å². The van der Waals surface area contributed by atoms with Crippen LogP contribution in [0.4, 0.5) is 4.39 Å². The number of ether oxygens (including phenoxy) is 2. The summed E-state index contributed by atoms with van der Waals surface area (Å²) in [7, 11) is -1.29. The van der Waals surface area contributed by atoms with Gasteiger partial charge < -0.3 is 28.5 Å². The molecule has 0 spiro atoms. The number of hydrogen-bond donors (Lipinski definition) is 1. The van der Waals surface area contributed by atoms with Crippen LogP contribution >= 0.6 is 11.6 Å². The first kappa shape index (κ1) is 26.7. The zero-order chi connectivity index (χ0) is 24.6. The number of esters is 1. The zero-order valence-corrected chi connectivity index (χ0v) is 20.9. The van der Waals surface area contributed by atoms with Crippen molar-refractivity contribution in [1.82, 2.24) is 9.97 Å². The van der Waals surface area contributed by atoms with Crippen molar-refractivity contribution in [2.75, 3.05) is 34.0 Å². The van der Waals surface area contributed by atoms with E-state index in [0.717, 1.165) is 6.33 Å². The number of halogens is 2. The number of benzene rings is 1. The Labute approximate surface area is 198 Å². The molecule has 2 N–H and O–H groups in total. The summed E-state index contributed by atoms with van der Waals surface area (Å²) in [5.41, 5.74) is 6.63. The lowest BCUT2D eigenvalue weighted by molar-refractivity contribution is 0.0593. The lowest BCUT2D eigenvalue weighted by Crippen LogP contribution is -2.49. The quantitative estimate of drug-likeness (QED) is 0.366. The molecule has 2 rings (SSSR count). The molecule has 180 valence electrons. The fraction of sp³-hybridized carbons (Fsp3) is 0.381. The molecular weight excluding hydrogens is 473 g/mol. The summed E-state index contributed by atoms with van der Waals surface area (Å²) >= 11 is 6.11. The summed E-state index contributed by atoms with van der Waals surface area (Å²) < 4.78 is 43.5. The molecule has 1 aromatic heterocycles. The summed E-state index contributed by atoms with van der Waals surface area (Å²) in [6.45, 7) is 5.87. The van der Waals surface area contributed by atoms with E-state index in [9.17, 15) is 4.79 Å². The van der Waals surface area contributed by atoms with Gasteiger partial charge in [0.1, 0.15) is 6.33 Å². The molecular formula is C21H27ClFN3O6Si. The van der Waals surface area contributed by atoms with Gasteiger partial charge in [0.2, 0.25) is 0 Å². The predicted molar refractivity (Wildman–Crippen MR) is 123 cm³/mol. The molecule has 1 heterocycles. The Balaban J connectivity index is 2.95. The highest BCUT2D eigenvalue weighted by Crippen LogP contribution is 2.39. The van der Waals surface area contributed by atoms with Crippen LogP contribution in [0.2, 0.25) is 5.02 Å². The molecule has 0 aliphatic carbocycles. The Morgan fingerprint density at radius 3 is 2.15 bits per heavy atom. The van der Waals surface area contributed by atoms with Crippen LogP contribution in [-0.2, 0) is 18.0 Å². The van der Waals surface area contributed by atoms with Crippen LogP contribution in [0.1, 0.15) is 42.5 Å². The van der Waals surface area contributed by atoms with Crippen molar-refractivity contribution in [1.29, 1.82) is 0 Å². The Bertz CT molecular complexity index is 1010. The predicted octanol–water partition coefficient (Wildman–Crippen LogP) is 3.48. The van der Waals surface area contributed by atoms with E-state index in [0.29, 0.717) is 0 Å². The minimum Gasteiger partial charge on any atom is -0.492 e. The monoisotopic (exact) mass is 499 g/mol. The molecule has 0 saturated carbocycles. The Morgan fingerprint density at radius 2 is 1.64 bits per heavy atom. The number of aromatic nitrogens is 2. The van der Waals surface area contributed by atoms with Gasteiger partial charge in [-0.1, -0.05) is 17.7 Å². The average molecular weight is 500 g/mol. The second-order valence-corrected chi connectivity index (χ2v) is 9.25. The Morgan fingerprint density at radius 1 is 1.06 bits per heavy atom. The number of hydrogen-bond acceptors (Lipinski definition) is 9. The molecule has 2 aromatic rings. The van der Waals surface area contributed by atoms with Crippen LogP contribution in [0.25, 0.3) is 10.9 Å². The lowest BCUT2D eigenvalue weighted by Gasteiger charge is -2.32. The molecule has 12 heteroatoms. The number of nitrogens with two attached hydrogens (primary N) is 1. The van der Waals surface area contributed by atoms with Crippen LogP contribution in [0.15, 0.2) is 24.5 Å². The van der Waals surface area contributed by atoms with Gasteiger partial charge in [-0.3, -0.25) is 0 Å². The van der Waals surface area contributed by atoms with E-state index in [1.807, 2.05) is 0 Å². The maximum atomic E-state index is 15.6. The second kappa shape index (κ2) is 12.0. The standard InChI is InChI=1S/C21H27ClFN3O6Si/c1-6-30-33(31-7-2,32-8-3)20(13-9-10-14(22)19(28-4)17(13)23)18(24)15-11-16(21(27)29-5)26-12-25-15/h9-12H,6-8,24H2,1-5H3. The minimum absolute atomic E-state index is 0.00833. The van der Waals surface area contributed by atoms with Crippen molar-refractivity contribution in [3.8, 4) is 5.75 Å². The van der Waals surface area contributed by atoms with Crippen molar-refractivity contribution < 1.29 is 31.9 Å². The number of carbonyl (C=O) groups excluding carboxylic acids is 1. The molecule has 0 unspecified atom stereocenters. The number of methoxy groups -OCH3 is 2. The molecule has 0 bridgehead atoms. The van der Waals surface area contributed by atoms with Gasteiger partial charge >= 0.3 is 14.8 Å². The molecule has 0 aliphatic heterocycles. The van der Waals surface area contributed by atoms with E-state index in [4.69, 9.17) is 40.1 Å². The highest BCUT2D eigenvalue weighted by molar-refractivity contribution is 6.83. The maximum Gasteiger partial charge on any atom is 0.540 e. The van der Waals surface area contributed by atoms with Crippen molar-refractivity contribution >= 4 is 37.3 Å². The first-order valence-electron chi connectivity index (χ1n) is 10.1. The molecule has 0 atom stereocenters. The van der Waals surface area contributed by atoms with E-state index in [1.54, 1.807) is 20.8 Å². The summed E-state index contributed by atoms with van der Waals surface area (Å²) in [5, 5.41) is 0.193. The third kappa shape index (κ3) is 5.68. The SMILES string of the molecule is CCO[Si](OCC)(OCC)C(=C(N)c1cc(C(=O)OC)ncn1)c1ccc(Cl)c(OC)c1F. The van der Waals surface area contributed by atoms with Crippen molar-refractivity contribution in [3.63, 3.8) is 0 Å². The van der Waals surface area contributed by atoms with Gasteiger partial charge in [-0.15, -0.1) is 0 Å². The van der Waals surface area contributed by atoms with Crippen molar-refractivity contribution in [2.45, 2.75) is 20.8 Å². The van der Waals surface area contributed by atoms with E-state index in [-0.39, 0.29) is 58.4 Å². The van der Waals surface area contributed by atoms with Crippen LogP contribution < -0.4 is 10.5 Å². The molecule has 0 fully saturated rings. The van der Waals surface area contributed by atoms with Gasteiger partial charge in [-0.05, 0) is 32.9 Å².